The van der Waals surface area contributed by atoms with Gasteiger partial charge in [0.05, 0.1) is 10.6 Å². The Bertz CT molecular complexity index is 622. The Balaban J connectivity index is 1.70. The third-order valence-corrected chi connectivity index (χ3v) is 5.06. The minimum absolute atomic E-state index is 0.0761. The number of likely N-dealkylation sites (N-methyl/N-ethyl adjacent to an activating group) is 1. The van der Waals surface area contributed by atoms with E-state index in [4.69, 9.17) is 0 Å². The number of piperazine rings is 1. The second-order valence-corrected chi connectivity index (χ2v) is 6.40. The van der Waals surface area contributed by atoms with Crippen molar-refractivity contribution in [2.24, 2.45) is 0 Å². The highest BCUT2D eigenvalue weighted by atomic mass is 32.2. The van der Waals surface area contributed by atoms with Gasteiger partial charge in [0.25, 0.3) is 5.91 Å². The largest absolute Gasteiger partial charge is 0.337 e. The molecule has 0 aromatic heterocycles. The van der Waals surface area contributed by atoms with Crippen LogP contribution in [0.1, 0.15) is 6.92 Å². The van der Waals surface area contributed by atoms with Gasteiger partial charge in [-0.05, 0) is 18.7 Å². The van der Waals surface area contributed by atoms with Crippen molar-refractivity contribution in [3.05, 3.63) is 35.2 Å². The molecule has 1 aromatic rings. The number of anilines is 1. The standard InChI is InChI=1S/C16H19N3O2S/c1-2-18-7-9-19(10-8-18)15(20)11-14-16(21)17-12-5-3-4-6-13(12)22-14/h3-6,11H,2,7-10H2,1H3,(H,17,21). The zero-order valence-electron chi connectivity index (χ0n) is 12.5. The summed E-state index contributed by atoms with van der Waals surface area (Å²) in [5, 5.41) is 2.83. The summed E-state index contributed by atoms with van der Waals surface area (Å²) >= 11 is 1.35. The van der Waals surface area contributed by atoms with Gasteiger partial charge in [-0.15, -0.1) is 0 Å². The van der Waals surface area contributed by atoms with Crippen LogP contribution < -0.4 is 5.32 Å². The Morgan fingerprint density at radius 1 is 1.27 bits per heavy atom. The fourth-order valence-electron chi connectivity index (χ4n) is 2.59. The van der Waals surface area contributed by atoms with Crippen molar-refractivity contribution in [1.82, 2.24) is 9.80 Å². The number of amides is 2. The van der Waals surface area contributed by atoms with E-state index >= 15 is 0 Å². The number of hydrogen-bond donors (Lipinski definition) is 1. The van der Waals surface area contributed by atoms with E-state index in [1.165, 1.54) is 17.8 Å². The fraction of sp³-hybridized carbons (Fsp3) is 0.375. The molecule has 3 rings (SSSR count). The number of hydrogen-bond acceptors (Lipinski definition) is 4. The summed E-state index contributed by atoms with van der Waals surface area (Å²) in [6.45, 7) is 6.37. The Labute approximate surface area is 134 Å². The second-order valence-electron chi connectivity index (χ2n) is 5.32. The van der Waals surface area contributed by atoms with E-state index in [2.05, 4.69) is 17.1 Å². The molecule has 0 atom stereocenters. The molecule has 2 heterocycles. The van der Waals surface area contributed by atoms with Crippen molar-refractivity contribution in [1.29, 1.82) is 0 Å². The SMILES string of the molecule is CCN1CCN(C(=O)C=C2Sc3ccccc3NC2=O)CC1. The molecule has 0 aliphatic carbocycles. The van der Waals surface area contributed by atoms with Gasteiger partial charge in [0, 0.05) is 37.2 Å². The smallest absolute Gasteiger partial charge is 0.262 e. The van der Waals surface area contributed by atoms with Crippen LogP contribution in [-0.4, -0.2) is 54.3 Å². The number of carbonyl (C=O) groups excluding carboxylic acids is 2. The Morgan fingerprint density at radius 2 is 2.00 bits per heavy atom. The first-order valence-electron chi connectivity index (χ1n) is 7.48. The van der Waals surface area contributed by atoms with Crippen LogP contribution >= 0.6 is 11.8 Å². The van der Waals surface area contributed by atoms with Crippen molar-refractivity contribution >= 4 is 29.3 Å². The van der Waals surface area contributed by atoms with Gasteiger partial charge >= 0.3 is 0 Å². The number of benzene rings is 1. The Hall–Kier alpha value is -1.79. The zero-order valence-corrected chi connectivity index (χ0v) is 13.4. The lowest BCUT2D eigenvalue weighted by Gasteiger charge is -2.33. The van der Waals surface area contributed by atoms with Gasteiger partial charge in [-0.2, -0.15) is 0 Å². The van der Waals surface area contributed by atoms with E-state index in [9.17, 15) is 9.59 Å². The lowest BCUT2D eigenvalue weighted by Crippen LogP contribution is -2.48. The molecular formula is C16H19N3O2S. The minimum atomic E-state index is -0.204. The molecule has 2 aliphatic rings. The number of thioether (sulfide) groups is 1. The van der Waals surface area contributed by atoms with Gasteiger partial charge in [-0.3, -0.25) is 9.59 Å². The Morgan fingerprint density at radius 3 is 2.73 bits per heavy atom. The average Bonchev–Trinajstić information content (AvgIpc) is 2.55. The highest BCUT2D eigenvalue weighted by Crippen LogP contribution is 2.37. The summed E-state index contributed by atoms with van der Waals surface area (Å²) in [4.78, 5) is 30.0. The minimum Gasteiger partial charge on any atom is -0.337 e. The van der Waals surface area contributed by atoms with Crippen molar-refractivity contribution in [2.45, 2.75) is 11.8 Å². The van der Waals surface area contributed by atoms with E-state index in [1.54, 1.807) is 0 Å². The molecule has 5 nitrogen and oxygen atoms in total. The van der Waals surface area contributed by atoms with Crippen molar-refractivity contribution in [3.63, 3.8) is 0 Å². The van der Waals surface area contributed by atoms with E-state index < -0.39 is 0 Å². The van der Waals surface area contributed by atoms with Crippen molar-refractivity contribution in [2.75, 3.05) is 38.0 Å². The van der Waals surface area contributed by atoms with E-state index in [1.807, 2.05) is 29.2 Å². The normalized spacial score (nSPS) is 20.7. The predicted molar refractivity (Wildman–Crippen MR) is 87.7 cm³/mol. The first kappa shape index (κ1) is 15.1. The maximum atomic E-state index is 12.4. The molecule has 116 valence electrons. The van der Waals surface area contributed by atoms with Crippen molar-refractivity contribution < 1.29 is 9.59 Å². The molecule has 2 aliphatic heterocycles. The summed E-state index contributed by atoms with van der Waals surface area (Å²) in [6.07, 6.45) is 1.47. The van der Waals surface area contributed by atoms with Crippen LogP contribution in [0.5, 0.6) is 0 Å². The quantitative estimate of drug-likeness (QED) is 0.845. The summed E-state index contributed by atoms with van der Waals surface area (Å²) < 4.78 is 0. The molecule has 0 saturated carbocycles. The summed E-state index contributed by atoms with van der Waals surface area (Å²) in [6, 6.07) is 7.61. The topological polar surface area (TPSA) is 52.6 Å². The van der Waals surface area contributed by atoms with E-state index in [0.717, 1.165) is 43.3 Å². The molecule has 1 fully saturated rings. The first-order valence-corrected chi connectivity index (χ1v) is 8.30. The highest BCUT2D eigenvalue weighted by molar-refractivity contribution is 8.04. The van der Waals surface area contributed by atoms with Crippen molar-refractivity contribution in [3.8, 4) is 0 Å². The van der Waals surface area contributed by atoms with Crippen LogP contribution in [-0.2, 0) is 9.59 Å². The molecule has 2 amide bonds. The fourth-order valence-corrected chi connectivity index (χ4v) is 3.51. The third kappa shape index (κ3) is 3.18. The predicted octanol–water partition coefficient (Wildman–Crippen LogP) is 1.78. The van der Waals surface area contributed by atoms with Crippen LogP contribution in [0, 0.1) is 0 Å². The third-order valence-electron chi connectivity index (χ3n) is 3.96. The molecule has 1 saturated heterocycles. The van der Waals surface area contributed by atoms with Crippen LogP contribution in [0.2, 0.25) is 0 Å². The highest BCUT2D eigenvalue weighted by Gasteiger charge is 2.24. The van der Waals surface area contributed by atoms with Gasteiger partial charge in [0.2, 0.25) is 5.91 Å². The van der Waals surface area contributed by atoms with E-state index in [-0.39, 0.29) is 11.8 Å². The maximum absolute atomic E-state index is 12.4. The molecule has 0 radical (unpaired) electrons. The number of nitrogens with zero attached hydrogens (tertiary/aromatic N) is 2. The molecule has 6 heteroatoms. The van der Waals surface area contributed by atoms with E-state index in [0.29, 0.717) is 4.91 Å². The molecule has 0 bridgehead atoms. The lowest BCUT2D eigenvalue weighted by atomic mass is 10.3. The first-order chi connectivity index (χ1) is 10.7. The van der Waals surface area contributed by atoms with Crippen LogP contribution in [0.25, 0.3) is 0 Å². The van der Waals surface area contributed by atoms with Gasteiger partial charge < -0.3 is 15.1 Å². The van der Waals surface area contributed by atoms with Crippen LogP contribution in [0.3, 0.4) is 0 Å². The summed E-state index contributed by atoms with van der Waals surface area (Å²) in [5.41, 5.74) is 0.804. The number of nitrogens with one attached hydrogen (secondary N) is 1. The van der Waals surface area contributed by atoms with Gasteiger partial charge in [0.15, 0.2) is 0 Å². The Kier molecular flexibility index (Phi) is 4.49. The number of rotatable bonds is 2. The molecule has 1 aromatic carbocycles. The van der Waals surface area contributed by atoms with Gasteiger partial charge in [-0.25, -0.2) is 0 Å². The van der Waals surface area contributed by atoms with Gasteiger partial charge in [0.1, 0.15) is 0 Å². The summed E-state index contributed by atoms with van der Waals surface area (Å²) in [7, 11) is 0. The molecule has 1 N–H and O–H groups in total. The van der Waals surface area contributed by atoms with Gasteiger partial charge in [-0.1, -0.05) is 30.8 Å². The van der Waals surface area contributed by atoms with Crippen LogP contribution in [0.4, 0.5) is 5.69 Å². The van der Waals surface area contributed by atoms with Crippen LogP contribution in [0.15, 0.2) is 40.1 Å². The number of carbonyl (C=O) groups is 2. The molecular weight excluding hydrogens is 298 g/mol. The second kappa shape index (κ2) is 6.54. The number of fused-ring (bicyclic) bond motifs is 1. The molecule has 22 heavy (non-hydrogen) atoms. The summed E-state index contributed by atoms with van der Waals surface area (Å²) in [5.74, 6) is -0.281. The number of para-hydroxylation sites is 1. The molecule has 0 spiro atoms. The monoisotopic (exact) mass is 317 g/mol. The average molecular weight is 317 g/mol. The zero-order chi connectivity index (χ0) is 15.5. The molecule has 0 unspecified atom stereocenters. The lowest BCUT2D eigenvalue weighted by molar-refractivity contribution is -0.128. The maximum Gasteiger partial charge on any atom is 0.262 e.